The maximum atomic E-state index is 11.9. The van der Waals surface area contributed by atoms with Gasteiger partial charge in [-0.05, 0) is 55.6 Å². The summed E-state index contributed by atoms with van der Waals surface area (Å²) >= 11 is 6.78. The maximum absolute atomic E-state index is 11.9. The number of benzene rings is 2. The largest absolute Gasteiger partial charge is 0.497 e. The number of carbonyl (C=O) groups excluding carboxylic acids is 2. The van der Waals surface area contributed by atoms with Gasteiger partial charge in [0.15, 0.2) is 5.75 Å². The molecule has 0 atom stereocenters. The zero-order valence-corrected chi connectivity index (χ0v) is 17.7. The summed E-state index contributed by atoms with van der Waals surface area (Å²) in [4.78, 5) is 23.3. The Morgan fingerprint density at radius 1 is 1.07 bits per heavy atom. The summed E-state index contributed by atoms with van der Waals surface area (Å²) in [7, 11) is 3.09. The van der Waals surface area contributed by atoms with Crippen molar-refractivity contribution in [3.05, 3.63) is 50.4 Å². The van der Waals surface area contributed by atoms with Gasteiger partial charge in [-0.25, -0.2) is 0 Å². The van der Waals surface area contributed by atoms with Gasteiger partial charge < -0.3 is 14.2 Å². The van der Waals surface area contributed by atoms with E-state index in [2.05, 4.69) is 31.9 Å². The predicted octanol–water partition coefficient (Wildman–Crippen LogP) is 4.01. The molecule has 0 radical (unpaired) electrons. The second kappa shape index (κ2) is 9.53. The molecule has 0 amide bonds. The van der Waals surface area contributed by atoms with E-state index in [1.807, 2.05) is 24.3 Å². The summed E-state index contributed by atoms with van der Waals surface area (Å²) < 4.78 is 17.4. The van der Waals surface area contributed by atoms with Crippen LogP contribution in [-0.2, 0) is 22.6 Å². The average Bonchev–Trinajstić information content (AvgIpc) is 2.67. The third kappa shape index (κ3) is 5.08. The number of hydrogen-bond acceptors (Lipinski definition) is 6. The number of halogens is 2. The highest BCUT2D eigenvalue weighted by molar-refractivity contribution is 9.11. The van der Waals surface area contributed by atoms with Gasteiger partial charge in [0.25, 0.3) is 5.78 Å². The first-order valence-electron chi connectivity index (χ1n) is 7.69. The van der Waals surface area contributed by atoms with Crippen molar-refractivity contribution in [1.29, 1.82) is 5.26 Å². The summed E-state index contributed by atoms with van der Waals surface area (Å²) in [6.45, 7) is 0.223. The van der Waals surface area contributed by atoms with Crippen molar-refractivity contribution >= 4 is 43.4 Å². The SMILES string of the molecule is COc1ccc(COc2c(CC(=O)C(=O)C#N)cc(Br)c(OC)c2Br)cc1. The summed E-state index contributed by atoms with van der Waals surface area (Å²) in [6, 6.07) is 10.3. The summed E-state index contributed by atoms with van der Waals surface area (Å²) in [5, 5.41) is 8.64. The molecule has 2 rings (SSSR count). The second-order valence-electron chi connectivity index (χ2n) is 5.37. The van der Waals surface area contributed by atoms with Crippen LogP contribution in [0, 0.1) is 11.3 Å². The van der Waals surface area contributed by atoms with Crippen molar-refractivity contribution in [3.63, 3.8) is 0 Å². The number of nitriles is 1. The number of Topliss-reactive ketones (excluding diaryl/α,β-unsaturated/α-hetero) is 2. The van der Waals surface area contributed by atoms with Crippen LogP contribution < -0.4 is 14.2 Å². The highest BCUT2D eigenvalue weighted by Crippen LogP contribution is 2.43. The Hall–Kier alpha value is -2.37. The first-order valence-corrected chi connectivity index (χ1v) is 9.27. The Morgan fingerprint density at radius 3 is 2.30 bits per heavy atom. The molecule has 2 aromatic rings. The Balaban J connectivity index is 2.34. The summed E-state index contributed by atoms with van der Waals surface area (Å²) in [5.41, 5.74) is 1.34. The zero-order valence-electron chi connectivity index (χ0n) is 14.5. The lowest BCUT2D eigenvalue weighted by Gasteiger charge is -2.17. The normalized spacial score (nSPS) is 10.0. The van der Waals surface area contributed by atoms with Crippen LogP contribution in [-0.4, -0.2) is 25.8 Å². The summed E-state index contributed by atoms with van der Waals surface area (Å²) in [5.74, 6) is -0.325. The molecule has 0 spiro atoms. The molecule has 0 unspecified atom stereocenters. The van der Waals surface area contributed by atoms with E-state index < -0.39 is 11.6 Å². The van der Waals surface area contributed by atoms with Crippen LogP contribution in [0.5, 0.6) is 17.2 Å². The van der Waals surface area contributed by atoms with Crippen molar-refractivity contribution in [2.24, 2.45) is 0 Å². The van der Waals surface area contributed by atoms with Gasteiger partial charge in [0.2, 0.25) is 5.78 Å². The minimum Gasteiger partial charge on any atom is -0.497 e. The molecule has 0 aromatic heterocycles. The monoisotopic (exact) mass is 495 g/mol. The van der Waals surface area contributed by atoms with Crippen molar-refractivity contribution in [2.45, 2.75) is 13.0 Å². The fourth-order valence-corrected chi connectivity index (χ4v) is 3.95. The van der Waals surface area contributed by atoms with Crippen molar-refractivity contribution in [3.8, 4) is 23.3 Å². The van der Waals surface area contributed by atoms with E-state index in [-0.39, 0.29) is 13.0 Å². The van der Waals surface area contributed by atoms with E-state index in [9.17, 15) is 9.59 Å². The molecule has 27 heavy (non-hydrogen) atoms. The minimum absolute atomic E-state index is 0.223. The van der Waals surface area contributed by atoms with Gasteiger partial charge >= 0.3 is 0 Å². The van der Waals surface area contributed by atoms with E-state index in [0.717, 1.165) is 11.3 Å². The van der Waals surface area contributed by atoms with Crippen LogP contribution >= 0.6 is 31.9 Å². The first kappa shape index (κ1) is 20.9. The van der Waals surface area contributed by atoms with E-state index in [0.29, 0.717) is 26.0 Å². The Labute approximate surface area is 173 Å². The predicted molar refractivity (Wildman–Crippen MR) is 105 cm³/mol. The highest BCUT2D eigenvalue weighted by Gasteiger charge is 2.22. The minimum atomic E-state index is -1.10. The Morgan fingerprint density at radius 2 is 1.74 bits per heavy atom. The van der Waals surface area contributed by atoms with Gasteiger partial charge in [0, 0.05) is 12.0 Å². The van der Waals surface area contributed by atoms with Gasteiger partial charge in [0.05, 0.1) is 18.7 Å². The van der Waals surface area contributed by atoms with Gasteiger partial charge in [-0.3, -0.25) is 9.59 Å². The van der Waals surface area contributed by atoms with Crippen molar-refractivity contribution in [2.75, 3.05) is 14.2 Å². The van der Waals surface area contributed by atoms with Crippen LogP contribution in [0.2, 0.25) is 0 Å². The van der Waals surface area contributed by atoms with E-state index >= 15 is 0 Å². The number of hydrogen-bond donors (Lipinski definition) is 0. The van der Waals surface area contributed by atoms with E-state index in [1.165, 1.54) is 13.2 Å². The highest BCUT2D eigenvalue weighted by atomic mass is 79.9. The van der Waals surface area contributed by atoms with Crippen LogP contribution in [0.3, 0.4) is 0 Å². The molecule has 0 fully saturated rings. The molecule has 0 aliphatic carbocycles. The number of ether oxygens (including phenoxy) is 3. The standard InChI is InChI=1S/C19H15Br2NO5/c1-25-13-5-3-11(4-6-13)10-27-18-12(8-15(23)16(24)9-22)7-14(20)19(26-2)17(18)21/h3-7H,8,10H2,1-2H3. The quantitative estimate of drug-likeness (QED) is 0.405. The fourth-order valence-electron chi connectivity index (χ4n) is 2.30. The van der Waals surface area contributed by atoms with Gasteiger partial charge in [-0.2, -0.15) is 5.26 Å². The van der Waals surface area contributed by atoms with Crippen LogP contribution in [0.15, 0.2) is 39.3 Å². The lowest BCUT2D eigenvalue weighted by atomic mass is 10.1. The molecule has 140 valence electrons. The lowest BCUT2D eigenvalue weighted by molar-refractivity contribution is -0.133. The van der Waals surface area contributed by atoms with Crippen molar-refractivity contribution < 1.29 is 23.8 Å². The third-order valence-electron chi connectivity index (χ3n) is 3.66. The molecule has 0 bridgehead atoms. The van der Waals surface area contributed by atoms with E-state index in [1.54, 1.807) is 13.2 Å². The third-order valence-corrected chi connectivity index (χ3v) is 4.97. The number of nitrogens with zero attached hydrogens (tertiary/aromatic N) is 1. The molecule has 2 aromatic carbocycles. The second-order valence-corrected chi connectivity index (χ2v) is 7.02. The average molecular weight is 497 g/mol. The molecule has 0 saturated heterocycles. The molecular formula is C19H15Br2NO5. The number of methoxy groups -OCH3 is 2. The maximum Gasteiger partial charge on any atom is 0.297 e. The molecular weight excluding hydrogens is 482 g/mol. The smallest absolute Gasteiger partial charge is 0.297 e. The molecule has 6 nitrogen and oxygen atoms in total. The molecule has 8 heteroatoms. The van der Waals surface area contributed by atoms with E-state index in [4.69, 9.17) is 19.5 Å². The fraction of sp³-hybridized carbons (Fsp3) is 0.211. The topological polar surface area (TPSA) is 85.6 Å². The molecule has 0 aliphatic rings. The number of carbonyl (C=O) groups is 2. The Bertz CT molecular complexity index is 904. The lowest BCUT2D eigenvalue weighted by Crippen LogP contribution is -2.15. The Kier molecular flexibility index (Phi) is 7.39. The molecule has 0 heterocycles. The van der Waals surface area contributed by atoms with Crippen LogP contribution in [0.4, 0.5) is 0 Å². The van der Waals surface area contributed by atoms with Crippen molar-refractivity contribution in [1.82, 2.24) is 0 Å². The molecule has 0 N–H and O–H groups in total. The van der Waals surface area contributed by atoms with Gasteiger partial charge in [-0.1, -0.05) is 12.1 Å². The zero-order chi connectivity index (χ0) is 20.0. The van der Waals surface area contributed by atoms with Gasteiger partial charge in [-0.15, -0.1) is 0 Å². The van der Waals surface area contributed by atoms with Gasteiger partial charge in [0.1, 0.15) is 28.6 Å². The van der Waals surface area contributed by atoms with Crippen LogP contribution in [0.1, 0.15) is 11.1 Å². The van der Waals surface area contributed by atoms with Crippen LogP contribution in [0.25, 0.3) is 0 Å². The first-order chi connectivity index (χ1) is 12.9. The number of rotatable bonds is 8. The molecule has 0 saturated carbocycles. The number of ketones is 2. The molecule has 0 aliphatic heterocycles. The summed E-state index contributed by atoms with van der Waals surface area (Å²) in [6.07, 6.45) is -0.258.